The summed E-state index contributed by atoms with van der Waals surface area (Å²) >= 11 is 1.64. The molecule has 0 saturated carbocycles. The molecule has 1 aliphatic rings. The molecule has 0 N–H and O–H groups in total. The second-order valence-electron chi connectivity index (χ2n) is 5.58. The molecule has 1 saturated heterocycles. The van der Waals surface area contributed by atoms with E-state index in [-0.39, 0.29) is 18.1 Å². The molecule has 6 heteroatoms. The topological polar surface area (TPSA) is 45.7 Å². The van der Waals surface area contributed by atoms with Crippen molar-refractivity contribution in [2.45, 2.75) is 26.4 Å². The Morgan fingerprint density at radius 2 is 2.05 bits per heavy atom. The van der Waals surface area contributed by atoms with Crippen molar-refractivity contribution < 1.29 is 9.53 Å². The molecule has 106 valence electrons. The highest BCUT2D eigenvalue weighted by molar-refractivity contribution is 7.13. The zero-order valence-electron chi connectivity index (χ0n) is 11.8. The number of carbonyl (C=O) groups excluding carboxylic acids is 1. The van der Waals surface area contributed by atoms with Gasteiger partial charge in [0.05, 0.1) is 5.60 Å². The maximum Gasteiger partial charge on any atom is 0.248 e. The van der Waals surface area contributed by atoms with Gasteiger partial charge in [-0.05, 0) is 20.8 Å². The third kappa shape index (κ3) is 4.18. The van der Waals surface area contributed by atoms with Gasteiger partial charge >= 0.3 is 0 Å². The Kier molecular flexibility index (Phi) is 4.42. The van der Waals surface area contributed by atoms with Crippen LogP contribution in [0, 0.1) is 0 Å². The molecule has 5 nitrogen and oxygen atoms in total. The number of anilines is 1. The number of thiazole rings is 1. The zero-order chi connectivity index (χ0) is 13.9. The van der Waals surface area contributed by atoms with E-state index in [1.54, 1.807) is 11.3 Å². The first-order valence-electron chi connectivity index (χ1n) is 6.52. The van der Waals surface area contributed by atoms with E-state index in [9.17, 15) is 4.79 Å². The average Bonchev–Trinajstić information content (AvgIpc) is 2.89. The lowest BCUT2D eigenvalue weighted by atomic mass is 10.2. The Hall–Kier alpha value is -1.14. The normalized spacial score (nSPS) is 16.8. The van der Waals surface area contributed by atoms with Crippen LogP contribution < -0.4 is 4.90 Å². The fraction of sp³-hybridized carbons (Fsp3) is 0.692. The van der Waals surface area contributed by atoms with Crippen LogP contribution in [0.4, 0.5) is 5.13 Å². The molecule has 2 rings (SSSR count). The molecule has 1 aromatic heterocycles. The van der Waals surface area contributed by atoms with E-state index >= 15 is 0 Å². The van der Waals surface area contributed by atoms with E-state index in [2.05, 4.69) is 9.88 Å². The van der Waals surface area contributed by atoms with Gasteiger partial charge in [-0.1, -0.05) is 0 Å². The molecule has 0 bridgehead atoms. The Labute approximate surface area is 118 Å². The number of piperazine rings is 1. The van der Waals surface area contributed by atoms with Crippen LogP contribution in [0.2, 0.25) is 0 Å². The Bertz CT molecular complexity index is 406. The average molecular weight is 283 g/mol. The minimum atomic E-state index is -0.266. The molecular formula is C13H21N3O2S. The van der Waals surface area contributed by atoms with Crippen molar-refractivity contribution in [3.63, 3.8) is 0 Å². The Morgan fingerprint density at radius 3 is 2.58 bits per heavy atom. The first kappa shape index (κ1) is 14.3. The summed E-state index contributed by atoms with van der Waals surface area (Å²) in [6, 6.07) is 0. The van der Waals surface area contributed by atoms with Crippen LogP contribution in [0.1, 0.15) is 20.8 Å². The van der Waals surface area contributed by atoms with E-state index < -0.39 is 0 Å². The van der Waals surface area contributed by atoms with Crippen molar-refractivity contribution in [3.8, 4) is 0 Å². The first-order valence-corrected chi connectivity index (χ1v) is 7.40. The Balaban J connectivity index is 1.78. The van der Waals surface area contributed by atoms with Gasteiger partial charge in [0.1, 0.15) is 6.61 Å². The molecule has 0 aromatic carbocycles. The summed E-state index contributed by atoms with van der Waals surface area (Å²) in [5.41, 5.74) is -0.266. The second-order valence-corrected chi connectivity index (χ2v) is 6.46. The molecule has 1 aliphatic heterocycles. The predicted molar refractivity (Wildman–Crippen MR) is 76.6 cm³/mol. The summed E-state index contributed by atoms with van der Waals surface area (Å²) in [6.45, 7) is 9.21. The number of aromatic nitrogens is 1. The number of hydrogen-bond acceptors (Lipinski definition) is 5. The van der Waals surface area contributed by atoms with Gasteiger partial charge in [0.2, 0.25) is 5.91 Å². The molecule has 19 heavy (non-hydrogen) atoms. The molecule has 0 aliphatic carbocycles. The monoisotopic (exact) mass is 283 g/mol. The van der Waals surface area contributed by atoms with E-state index in [0.29, 0.717) is 0 Å². The van der Waals surface area contributed by atoms with Crippen molar-refractivity contribution in [2.24, 2.45) is 0 Å². The summed E-state index contributed by atoms with van der Waals surface area (Å²) < 4.78 is 5.53. The minimum Gasteiger partial charge on any atom is -0.366 e. The first-order chi connectivity index (χ1) is 8.96. The van der Waals surface area contributed by atoms with Crippen LogP contribution >= 0.6 is 11.3 Å². The number of amides is 1. The molecule has 0 spiro atoms. The van der Waals surface area contributed by atoms with Crippen molar-refractivity contribution in [1.82, 2.24) is 9.88 Å². The maximum absolute atomic E-state index is 12.0. The summed E-state index contributed by atoms with van der Waals surface area (Å²) in [5.74, 6) is 0.0775. The number of ether oxygens (including phenoxy) is 1. The number of carbonyl (C=O) groups is 1. The quantitative estimate of drug-likeness (QED) is 0.845. The zero-order valence-corrected chi connectivity index (χ0v) is 12.6. The number of rotatable bonds is 3. The summed E-state index contributed by atoms with van der Waals surface area (Å²) in [6.07, 6.45) is 1.81. The van der Waals surface area contributed by atoms with Gasteiger partial charge in [0.25, 0.3) is 0 Å². The van der Waals surface area contributed by atoms with Gasteiger partial charge in [-0.25, -0.2) is 4.98 Å². The maximum atomic E-state index is 12.0. The summed E-state index contributed by atoms with van der Waals surface area (Å²) in [5, 5.41) is 3.02. The lowest BCUT2D eigenvalue weighted by Crippen LogP contribution is -2.50. The third-order valence-corrected chi connectivity index (χ3v) is 3.78. The van der Waals surface area contributed by atoms with Gasteiger partial charge in [-0.2, -0.15) is 0 Å². The van der Waals surface area contributed by atoms with Gasteiger partial charge in [-0.3, -0.25) is 4.79 Å². The summed E-state index contributed by atoms with van der Waals surface area (Å²) in [4.78, 5) is 20.4. The molecule has 0 atom stereocenters. The van der Waals surface area contributed by atoms with Crippen LogP contribution in [0.25, 0.3) is 0 Å². The molecular weight excluding hydrogens is 262 g/mol. The van der Waals surface area contributed by atoms with Gasteiger partial charge in [-0.15, -0.1) is 11.3 Å². The highest BCUT2D eigenvalue weighted by Gasteiger charge is 2.23. The second kappa shape index (κ2) is 5.88. The van der Waals surface area contributed by atoms with Crippen molar-refractivity contribution in [3.05, 3.63) is 11.6 Å². The fourth-order valence-electron chi connectivity index (χ4n) is 1.89. The van der Waals surface area contributed by atoms with Crippen molar-refractivity contribution >= 4 is 22.4 Å². The van der Waals surface area contributed by atoms with Crippen LogP contribution in [-0.4, -0.2) is 54.2 Å². The van der Waals surface area contributed by atoms with Gasteiger partial charge in [0.15, 0.2) is 5.13 Å². The van der Waals surface area contributed by atoms with Crippen molar-refractivity contribution in [1.29, 1.82) is 0 Å². The lowest BCUT2D eigenvalue weighted by Gasteiger charge is -2.35. The molecule has 0 radical (unpaired) electrons. The highest BCUT2D eigenvalue weighted by Crippen LogP contribution is 2.19. The molecule has 2 heterocycles. The number of hydrogen-bond donors (Lipinski definition) is 0. The number of nitrogens with zero attached hydrogens (tertiary/aromatic N) is 3. The largest absolute Gasteiger partial charge is 0.366 e. The predicted octanol–water partition coefficient (Wildman–Crippen LogP) is 1.61. The van der Waals surface area contributed by atoms with E-state index in [1.807, 2.05) is 37.2 Å². The van der Waals surface area contributed by atoms with E-state index in [1.165, 1.54) is 0 Å². The third-order valence-electron chi connectivity index (χ3n) is 2.95. The molecule has 0 unspecified atom stereocenters. The van der Waals surface area contributed by atoms with Crippen LogP contribution in [-0.2, 0) is 9.53 Å². The smallest absolute Gasteiger partial charge is 0.248 e. The van der Waals surface area contributed by atoms with Crippen molar-refractivity contribution in [2.75, 3.05) is 37.7 Å². The van der Waals surface area contributed by atoms with Crippen LogP contribution in [0.3, 0.4) is 0 Å². The molecule has 1 fully saturated rings. The van der Waals surface area contributed by atoms with Crippen LogP contribution in [0.5, 0.6) is 0 Å². The minimum absolute atomic E-state index is 0.0775. The highest BCUT2D eigenvalue weighted by atomic mass is 32.1. The molecule has 1 amide bonds. The molecule has 1 aromatic rings. The standard InChI is InChI=1S/C13H21N3O2S/c1-13(2,3)18-10-11(17)15-5-7-16(8-6-15)12-14-4-9-19-12/h4,9H,5-8,10H2,1-3H3. The summed E-state index contributed by atoms with van der Waals surface area (Å²) in [7, 11) is 0. The van der Waals surface area contributed by atoms with Crippen LogP contribution in [0.15, 0.2) is 11.6 Å². The Morgan fingerprint density at radius 1 is 1.37 bits per heavy atom. The van der Waals surface area contributed by atoms with Gasteiger partial charge < -0.3 is 14.5 Å². The van der Waals surface area contributed by atoms with E-state index in [0.717, 1.165) is 31.3 Å². The fourth-order valence-corrected chi connectivity index (χ4v) is 2.59. The SMILES string of the molecule is CC(C)(C)OCC(=O)N1CCN(c2nccs2)CC1. The van der Waals surface area contributed by atoms with E-state index in [4.69, 9.17) is 4.74 Å². The van der Waals surface area contributed by atoms with Gasteiger partial charge in [0, 0.05) is 37.8 Å². The lowest BCUT2D eigenvalue weighted by molar-refractivity contribution is -0.141.